The molecule has 2 amide bonds. The Morgan fingerprint density at radius 1 is 1.03 bits per heavy atom. The van der Waals surface area contributed by atoms with Gasteiger partial charge >= 0.3 is 0 Å². The van der Waals surface area contributed by atoms with Crippen LogP contribution in [0.15, 0.2) is 91.8 Å². The van der Waals surface area contributed by atoms with Crippen LogP contribution in [0.3, 0.4) is 0 Å². The van der Waals surface area contributed by atoms with E-state index >= 15 is 0 Å². The van der Waals surface area contributed by atoms with E-state index in [1.54, 1.807) is 18.5 Å². The number of amides is 2. The lowest BCUT2D eigenvalue weighted by atomic mass is 9.73. The number of likely N-dealkylation sites (tertiary alicyclic amines) is 1. The first kappa shape index (κ1) is 22.5. The van der Waals surface area contributed by atoms with Gasteiger partial charge in [0.2, 0.25) is 5.91 Å². The highest BCUT2D eigenvalue weighted by atomic mass is 16.2. The summed E-state index contributed by atoms with van der Waals surface area (Å²) in [6.45, 7) is 5.18. The minimum atomic E-state index is -0.692. The van der Waals surface area contributed by atoms with Crippen LogP contribution >= 0.6 is 0 Å². The molecule has 4 rings (SSSR count). The zero-order chi connectivity index (χ0) is 23.1. The average molecular weight is 440 g/mol. The molecule has 5 nitrogen and oxygen atoms in total. The molecule has 5 heteroatoms. The molecule has 0 bridgehead atoms. The van der Waals surface area contributed by atoms with Gasteiger partial charge in [0.15, 0.2) is 0 Å². The fraction of sp³-hybridized carbons (Fsp3) is 0.250. The number of hydrogen-bond acceptors (Lipinski definition) is 3. The van der Waals surface area contributed by atoms with Crippen LogP contribution in [0.2, 0.25) is 0 Å². The molecule has 2 heterocycles. The Balaban J connectivity index is 1.63. The minimum Gasteiger partial charge on any atom is -0.352 e. The lowest BCUT2D eigenvalue weighted by Gasteiger charge is -2.42. The van der Waals surface area contributed by atoms with Crippen molar-refractivity contribution in [2.24, 2.45) is 5.41 Å². The monoisotopic (exact) mass is 439 g/mol. The van der Waals surface area contributed by atoms with E-state index in [1.807, 2.05) is 53.4 Å². The van der Waals surface area contributed by atoms with E-state index in [9.17, 15) is 9.59 Å². The third-order valence-corrected chi connectivity index (χ3v) is 6.26. The van der Waals surface area contributed by atoms with Crippen LogP contribution < -0.4 is 5.32 Å². The number of aromatic nitrogens is 1. The predicted octanol–water partition coefficient (Wildman–Crippen LogP) is 4.52. The summed E-state index contributed by atoms with van der Waals surface area (Å²) in [5.74, 6) is -0.0518. The van der Waals surface area contributed by atoms with Crippen LogP contribution in [0.4, 0.5) is 0 Å². The first-order valence-corrected chi connectivity index (χ1v) is 11.3. The Kier molecular flexibility index (Phi) is 6.98. The molecule has 168 valence electrons. The van der Waals surface area contributed by atoms with Gasteiger partial charge in [0.1, 0.15) is 0 Å². The van der Waals surface area contributed by atoms with E-state index < -0.39 is 5.41 Å². The molecule has 0 saturated carbocycles. The number of rotatable bonds is 7. The van der Waals surface area contributed by atoms with Gasteiger partial charge in [-0.25, -0.2) is 0 Å². The smallest absolute Gasteiger partial charge is 0.253 e. The number of piperidine rings is 1. The molecule has 2 aromatic carbocycles. The Bertz CT molecular complexity index is 1110. The van der Waals surface area contributed by atoms with Crippen molar-refractivity contribution in [1.29, 1.82) is 0 Å². The van der Waals surface area contributed by atoms with Gasteiger partial charge in [0.05, 0.1) is 5.41 Å². The average Bonchev–Trinajstić information content (AvgIpc) is 2.88. The molecule has 1 aliphatic rings. The second-order valence-corrected chi connectivity index (χ2v) is 8.59. The Labute approximate surface area is 195 Å². The molecule has 33 heavy (non-hydrogen) atoms. The van der Waals surface area contributed by atoms with Crippen molar-refractivity contribution in [3.05, 3.63) is 103 Å². The molecule has 0 radical (unpaired) electrons. The van der Waals surface area contributed by atoms with Gasteiger partial charge in [-0.3, -0.25) is 14.6 Å². The van der Waals surface area contributed by atoms with Gasteiger partial charge in [-0.15, -0.1) is 6.58 Å². The molecule has 1 aliphatic heterocycles. The summed E-state index contributed by atoms with van der Waals surface area (Å²) in [7, 11) is 0. The largest absolute Gasteiger partial charge is 0.352 e. The van der Waals surface area contributed by atoms with Crippen molar-refractivity contribution in [1.82, 2.24) is 15.2 Å². The molecule has 1 fully saturated rings. The molecule has 1 aromatic heterocycles. The summed E-state index contributed by atoms with van der Waals surface area (Å²) in [6.07, 6.45) is 7.32. The lowest BCUT2D eigenvalue weighted by molar-refractivity contribution is -0.133. The van der Waals surface area contributed by atoms with E-state index in [1.165, 1.54) is 0 Å². The number of nitrogens with zero attached hydrogens (tertiary/aromatic N) is 2. The van der Waals surface area contributed by atoms with Gasteiger partial charge < -0.3 is 10.2 Å². The highest BCUT2D eigenvalue weighted by molar-refractivity contribution is 5.95. The highest BCUT2D eigenvalue weighted by Crippen LogP contribution is 2.36. The van der Waals surface area contributed by atoms with Crippen molar-refractivity contribution >= 4 is 11.8 Å². The fourth-order valence-corrected chi connectivity index (χ4v) is 4.63. The van der Waals surface area contributed by atoms with E-state index in [0.29, 0.717) is 31.6 Å². The Hall–Kier alpha value is -3.73. The maximum atomic E-state index is 13.4. The number of hydrogen-bond donors (Lipinski definition) is 1. The van der Waals surface area contributed by atoms with Gasteiger partial charge in [0.25, 0.3) is 5.91 Å². The van der Waals surface area contributed by atoms with Gasteiger partial charge in [-0.2, -0.15) is 0 Å². The molecule has 1 saturated heterocycles. The maximum absolute atomic E-state index is 13.4. The molecule has 0 unspecified atom stereocenters. The van der Waals surface area contributed by atoms with Crippen LogP contribution in [0, 0.1) is 5.41 Å². The van der Waals surface area contributed by atoms with E-state index in [0.717, 1.165) is 29.5 Å². The van der Waals surface area contributed by atoms with Gasteiger partial charge in [-0.1, -0.05) is 48.5 Å². The summed E-state index contributed by atoms with van der Waals surface area (Å²) in [4.78, 5) is 32.6. The summed E-state index contributed by atoms with van der Waals surface area (Å²) in [6, 6.07) is 21.5. The van der Waals surface area contributed by atoms with Gasteiger partial charge in [0, 0.05) is 37.6 Å². The first-order valence-electron chi connectivity index (χ1n) is 11.3. The summed E-state index contributed by atoms with van der Waals surface area (Å²) >= 11 is 0. The van der Waals surface area contributed by atoms with Crippen LogP contribution in [0.1, 0.15) is 28.8 Å². The highest BCUT2D eigenvalue weighted by Gasteiger charge is 2.43. The summed E-state index contributed by atoms with van der Waals surface area (Å²) in [5, 5.41) is 3.01. The van der Waals surface area contributed by atoms with Crippen molar-refractivity contribution < 1.29 is 9.59 Å². The third kappa shape index (κ3) is 5.20. The number of benzene rings is 2. The zero-order valence-corrected chi connectivity index (χ0v) is 18.7. The molecule has 1 N–H and O–H groups in total. The number of carbonyl (C=O) groups is 2. The second kappa shape index (κ2) is 10.3. The summed E-state index contributed by atoms with van der Waals surface area (Å²) in [5.41, 5.74) is 3.21. The normalized spacial score (nSPS) is 17.9. The second-order valence-electron chi connectivity index (χ2n) is 8.59. The molecular weight excluding hydrogens is 410 g/mol. The number of pyridine rings is 1. The predicted molar refractivity (Wildman–Crippen MR) is 131 cm³/mol. The lowest BCUT2D eigenvalue weighted by Crippen LogP contribution is -2.54. The zero-order valence-electron chi connectivity index (χ0n) is 18.7. The molecule has 0 spiro atoms. The first-order chi connectivity index (χ1) is 16.1. The van der Waals surface area contributed by atoms with Crippen LogP contribution in [-0.2, 0) is 11.2 Å². The summed E-state index contributed by atoms with van der Waals surface area (Å²) < 4.78 is 0. The molecule has 0 aliphatic carbocycles. The van der Waals surface area contributed by atoms with Crippen molar-refractivity contribution in [3.8, 4) is 11.1 Å². The fourth-order valence-electron chi connectivity index (χ4n) is 4.63. The van der Waals surface area contributed by atoms with E-state index in [4.69, 9.17) is 0 Å². The van der Waals surface area contributed by atoms with E-state index in [-0.39, 0.29) is 11.8 Å². The molecular formula is C28H29N3O2. The van der Waals surface area contributed by atoms with Crippen LogP contribution in [0.25, 0.3) is 11.1 Å². The van der Waals surface area contributed by atoms with Gasteiger partial charge in [-0.05, 0) is 60.2 Å². The molecule has 3 aromatic rings. The topological polar surface area (TPSA) is 62.3 Å². The number of nitrogens with one attached hydrogen (secondary N) is 1. The third-order valence-electron chi connectivity index (χ3n) is 6.26. The van der Waals surface area contributed by atoms with E-state index in [2.05, 4.69) is 35.1 Å². The SMILES string of the molecule is C=CCNC(=O)[C@@]1(Cc2cccc(-c3ccncc3)c2)CCCN(C(=O)c2ccccc2)C1. The van der Waals surface area contributed by atoms with Crippen LogP contribution in [0.5, 0.6) is 0 Å². The number of carbonyl (C=O) groups excluding carboxylic acids is 2. The standard InChI is InChI=1S/C28H29N3O2/c1-2-15-30-27(33)28(14-7-18-31(21-28)26(32)24-9-4-3-5-10-24)20-22-8-6-11-25(19-22)23-12-16-29-17-13-23/h2-6,8-13,16-17,19H,1,7,14-15,18,20-21H2,(H,30,33)/t28-/m1/s1. The van der Waals surface area contributed by atoms with Crippen molar-refractivity contribution in [2.45, 2.75) is 19.3 Å². The minimum absolute atomic E-state index is 0.0257. The Morgan fingerprint density at radius 2 is 1.82 bits per heavy atom. The maximum Gasteiger partial charge on any atom is 0.253 e. The van der Waals surface area contributed by atoms with Crippen molar-refractivity contribution in [3.63, 3.8) is 0 Å². The Morgan fingerprint density at radius 3 is 2.58 bits per heavy atom. The molecule has 1 atom stereocenters. The van der Waals surface area contributed by atoms with Crippen molar-refractivity contribution in [2.75, 3.05) is 19.6 Å². The van der Waals surface area contributed by atoms with Crippen LogP contribution in [-0.4, -0.2) is 41.3 Å². The quantitative estimate of drug-likeness (QED) is 0.551.